The van der Waals surface area contributed by atoms with Crippen molar-refractivity contribution in [3.8, 4) is 0 Å². The molecule has 0 aliphatic carbocycles. The van der Waals surface area contributed by atoms with Crippen molar-refractivity contribution in [2.75, 3.05) is 6.61 Å². The SMILES string of the molecule is OC(CC1CCCO1)c1ccc(C(F)(F)F)c(F)c1. The molecule has 2 unspecified atom stereocenters. The Bertz CT molecular complexity index is 439. The first-order valence-electron chi connectivity index (χ1n) is 6.04. The molecule has 0 amide bonds. The quantitative estimate of drug-likeness (QED) is 0.858. The number of ether oxygens (including phenoxy) is 1. The van der Waals surface area contributed by atoms with Crippen LogP contribution in [0.2, 0.25) is 0 Å². The molecule has 1 heterocycles. The van der Waals surface area contributed by atoms with E-state index < -0.39 is 23.7 Å². The van der Waals surface area contributed by atoms with Gasteiger partial charge in [-0.1, -0.05) is 6.07 Å². The fourth-order valence-corrected chi connectivity index (χ4v) is 2.18. The van der Waals surface area contributed by atoms with Crippen molar-refractivity contribution >= 4 is 0 Å². The molecule has 6 heteroatoms. The number of aliphatic hydroxyl groups excluding tert-OH is 1. The number of alkyl halides is 3. The molecule has 1 aliphatic rings. The highest BCUT2D eigenvalue weighted by Crippen LogP contribution is 2.33. The number of hydrogen-bond donors (Lipinski definition) is 1. The van der Waals surface area contributed by atoms with Crippen molar-refractivity contribution < 1.29 is 27.4 Å². The van der Waals surface area contributed by atoms with E-state index in [1.165, 1.54) is 0 Å². The van der Waals surface area contributed by atoms with E-state index >= 15 is 0 Å². The third-order valence-corrected chi connectivity index (χ3v) is 3.19. The summed E-state index contributed by atoms with van der Waals surface area (Å²) in [4.78, 5) is 0. The molecular formula is C13H14F4O2. The predicted octanol–water partition coefficient (Wildman–Crippen LogP) is 3.45. The van der Waals surface area contributed by atoms with Crippen molar-refractivity contribution in [3.63, 3.8) is 0 Å². The first-order valence-corrected chi connectivity index (χ1v) is 6.04. The summed E-state index contributed by atoms with van der Waals surface area (Å²) in [5.74, 6) is -1.36. The van der Waals surface area contributed by atoms with Crippen molar-refractivity contribution in [2.24, 2.45) is 0 Å². The van der Waals surface area contributed by atoms with E-state index in [0.29, 0.717) is 12.7 Å². The lowest BCUT2D eigenvalue weighted by molar-refractivity contribution is -0.140. The van der Waals surface area contributed by atoms with E-state index in [0.717, 1.165) is 25.0 Å². The number of hydrogen-bond acceptors (Lipinski definition) is 2. The van der Waals surface area contributed by atoms with Gasteiger partial charge in [-0.25, -0.2) is 4.39 Å². The fourth-order valence-electron chi connectivity index (χ4n) is 2.18. The zero-order valence-electron chi connectivity index (χ0n) is 10.1. The second-order valence-corrected chi connectivity index (χ2v) is 4.62. The number of benzene rings is 1. The summed E-state index contributed by atoms with van der Waals surface area (Å²) in [5.41, 5.74) is -1.18. The standard InChI is InChI=1S/C13H14F4O2/c14-11-6-8(3-4-10(11)13(15,16)17)12(18)7-9-2-1-5-19-9/h3-4,6,9,12,18H,1-2,5,7H2. The maximum absolute atomic E-state index is 13.4. The predicted molar refractivity (Wildman–Crippen MR) is 60.0 cm³/mol. The van der Waals surface area contributed by atoms with E-state index in [4.69, 9.17) is 4.74 Å². The summed E-state index contributed by atoms with van der Waals surface area (Å²) in [5, 5.41) is 9.87. The molecule has 0 radical (unpaired) electrons. The fraction of sp³-hybridized carbons (Fsp3) is 0.538. The van der Waals surface area contributed by atoms with Gasteiger partial charge < -0.3 is 9.84 Å². The lowest BCUT2D eigenvalue weighted by atomic mass is 10.0. The van der Waals surface area contributed by atoms with Crippen molar-refractivity contribution in [2.45, 2.75) is 37.6 Å². The van der Waals surface area contributed by atoms with E-state index in [9.17, 15) is 22.7 Å². The Hall–Kier alpha value is -1.14. The highest BCUT2D eigenvalue weighted by Gasteiger charge is 2.34. The first kappa shape index (κ1) is 14.3. The molecule has 1 fully saturated rings. The first-order chi connectivity index (χ1) is 8.88. The molecule has 0 saturated carbocycles. The van der Waals surface area contributed by atoms with Gasteiger partial charge >= 0.3 is 6.18 Å². The van der Waals surface area contributed by atoms with Gasteiger partial charge in [0.2, 0.25) is 0 Å². The van der Waals surface area contributed by atoms with Crippen LogP contribution in [0.5, 0.6) is 0 Å². The molecule has 1 N–H and O–H groups in total. The molecule has 106 valence electrons. The topological polar surface area (TPSA) is 29.5 Å². The van der Waals surface area contributed by atoms with Gasteiger partial charge in [-0.15, -0.1) is 0 Å². The molecule has 0 spiro atoms. The lowest BCUT2D eigenvalue weighted by Crippen LogP contribution is -2.13. The Morgan fingerprint density at radius 1 is 1.37 bits per heavy atom. The van der Waals surface area contributed by atoms with Gasteiger partial charge in [0, 0.05) is 13.0 Å². The maximum atomic E-state index is 13.4. The van der Waals surface area contributed by atoms with Crippen molar-refractivity contribution in [1.29, 1.82) is 0 Å². The third kappa shape index (κ3) is 3.45. The average Bonchev–Trinajstić information content (AvgIpc) is 2.79. The molecule has 1 aromatic carbocycles. The smallest absolute Gasteiger partial charge is 0.388 e. The minimum absolute atomic E-state index is 0.111. The monoisotopic (exact) mass is 278 g/mol. The minimum atomic E-state index is -4.72. The normalized spacial score (nSPS) is 21.6. The zero-order chi connectivity index (χ0) is 14.0. The molecule has 1 aliphatic heterocycles. The Morgan fingerprint density at radius 3 is 2.63 bits per heavy atom. The van der Waals surface area contributed by atoms with Crippen LogP contribution in [-0.2, 0) is 10.9 Å². The Balaban J connectivity index is 2.10. The highest BCUT2D eigenvalue weighted by molar-refractivity contribution is 5.27. The summed E-state index contributed by atoms with van der Waals surface area (Å²) in [6, 6.07) is 2.50. The summed E-state index contributed by atoms with van der Waals surface area (Å²) in [7, 11) is 0. The number of rotatable bonds is 3. The molecule has 2 nitrogen and oxygen atoms in total. The highest BCUT2D eigenvalue weighted by atomic mass is 19.4. The van der Waals surface area contributed by atoms with E-state index in [-0.39, 0.29) is 18.1 Å². The van der Waals surface area contributed by atoms with Gasteiger partial charge in [0.1, 0.15) is 5.82 Å². The van der Waals surface area contributed by atoms with E-state index in [1.807, 2.05) is 0 Å². The van der Waals surface area contributed by atoms with E-state index in [1.54, 1.807) is 0 Å². The zero-order valence-corrected chi connectivity index (χ0v) is 10.1. The minimum Gasteiger partial charge on any atom is -0.388 e. The maximum Gasteiger partial charge on any atom is 0.419 e. The molecule has 1 saturated heterocycles. The third-order valence-electron chi connectivity index (χ3n) is 3.19. The van der Waals surface area contributed by atoms with Crippen LogP contribution in [0.25, 0.3) is 0 Å². The molecule has 1 aromatic rings. The van der Waals surface area contributed by atoms with Gasteiger partial charge in [-0.2, -0.15) is 13.2 Å². The summed E-state index contributed by atoms with van der Waals surface area (Å²) < 4.78 is 55.8. The van der Waals surface area contributed by atoms with Gasteiger partial charge in [0.05, 0.1) is 17.8 Å². The largest absolute Gasteiger partial charge is 0.419 e. The molecule has 19 heavy (non-hydrogen) atoms. The summed E-state index contributed by atoms with van der Waals surface area (Å²) in [6.45, 7) is 0.624. The van der Waals surface area contributed by atoms with Crippen LogP contribution in [0.1, 0.15) is 36.5 Å². The molecule has 0 aromatic heterocycles. The molecule has 2 rings (SSSR count). The van der Waals surface area contributed by atoms with Crippen LogP contribution in [0.4, 0.5) is 17.6 Å². The van der Waals surface area contributed by atoms with E-state index in [2.05, 4.69) is 0 Å². The lowest BCUT2D eigenvalue weighted by Gasteiger charge is -2.16. The Labute approximate surface area is 108 Å². The van der Waals surface area contributed by atoms with Gasteiger partial charge in [-0.3, -0.25) is 0 Å². The summed E-state index contributed by atoms with van der Waals surface area (Å²) >= 11 is 0. The summed E-state index contributed by atoms with van der Waals surface area (Å²) in [6.07, 6.45) is -3.87. The second kappa shape index (κ2) is 5.46. The van der Waals surface area contributed by atoms with Crippen LogP contribution in [0.3, 0.4) is 0 Å². The van der Waals surface area contributed by atoms with Gasteiger partial charge in [0.25, 0.3) is 0 Å². The van der Waals surface area contributed by atoms with Crippen LogP contribution in [0.15, 0.2) is 18.2 Å². The van der Waals surface area contributed by atoms with Crippen LogP contribution in [0, 0.1) is 5.82 Å². The molecule has 2 atom stereocenters. The van der Waals surface area contributed by atoms with Crippen molar-refractivity contribution in [3.05, 3.63) is 35.1 Å². The number of halogens is 4. The van der Waals surface area contributed by atoms with Gasteiger partial charge in [0.15, 0.2) is 0 Å². The van der Waals surface area contributed by atoms with Gasteiger partial charge in [-0.05, 0) is 30.5 Å². The number of aliphatic hydroxyl groups is 1. The van der Waals surface area contributed by atoms with Crippen LogP contribution in [-0.4, -0.2) is 17.8 Å². The van der Waals surface area contributed by atoms with Crippen LogP contribution >= 0.6 is 0 Å². The molecule has 0 bridgehead atoms. The Morgan fingerprint density at radius 2 is 2.11 bits per heavy atom. The Kier molecular flexibility index (Phi) is 4.10. The average molecular weight is 278 g/mol. The molecular weight excluding hydrogens is 264 g/mol. The van der Waals surface area contributed by atoms with Crippen molar-refractivity contribution in [1.82, 2.24) is 0 Å². The van der Waals surface area contributed by atoms with Crippen LogP contribution < -0.4 is 0 Å². The second-order valence-electron chi connectivity index (χ2n) is 4.62.